The average Bonchev–Trinajstić information content (AvgIpc) is 2.73. The fraction of sp³-hybridized carbons (Fsp3) is 0.250. The number of anilines is 1. The molecule has 1 aromatic carbocycles. The molecule has 6 heteroatoms. The summed E-state index contributed by atoms with van der Waals surface area (Å²) in [5.41, 5.74) is 1.11. The van der Waals surface area contributed by atoms with Gasteiger partial charge < -0.3 is 5.32 Å². The summed E-state index contributed by atoms with van der Waals surface area (Å²) in [4.78, 5) is 21.6. The predicted molar refractivity (Wildman–Crippen MR) is 68.7 cm³/mol. The van der Waals surface area contributed by atoms with Crippen molar-refractivity contribution in [1.82, 2.24) is 0 Å². The number of ketones is 1. The number of nitro groups is 1. The second-order valence-electron chi connectivity index (χ2n) is 4.01. The van der Waals surface area contributed by atoms with Crippen LogP contribution < -0.4 is 5.32 Å². The molecule has 5 nitrogen and oxygen atoms in total. The third-order valence-corrected chi connectivity index (χ3v) is 3.08. The van der Waals surface area contributed by atoms with Crippen LogP contribution in [0.2, 0.25) is 5.02 Å². The minimum atomic E-state index is -0.540. The van der Waals surface area contributed by atoms with Crippen molar-refractivity contribution in [2.24, 2.45) is 0 Å². The lowest BCUT2D eigenvalue weighted by Gasteiger charge is -2.03. The number of Topliss-reactive ketones (excluding diaryl/α,β-unsaturated/α-hetero) is 1. The van der Waals surface area contributed by atoms with Gasteiger partial charge in [0.05, 0.1) is 4.92 Å². The Bertz CT molecular complexity index is 540. The quantitative estimate of drug-likeness (QED) is 0.518. The van der Waals surface area contributed by atoms with Crippen LogP contribution in [0.1, 0.15) is 19.3 Å². The number of allylic oxidation sites excluding steroid dienone is 1. The fourth-order valence-corrected chi connectivity index (χ4v) is 1.99. The van der Waals surface area contributed by atoms with Crippen LogP contribution in [0.4, 0.5) is 11.4 Å². The molecular formula is C12H11ClN2O3. The summed E-state index contributed by atoms with van der Waals surface area (Å²) in [5.74, 6) is 0.131. The maximum Gasteiger partial charge on any atom is 0.289 e. The summed E-state index contributed by atoms with van der Waals surface area (Å²) >= 11 is 5.70. The molecule has 18 heavy (non-hydrogen) atoms. The summed E-state index contributed by atoms with van der Waals surface area (Å²) in [6.07, 6.45) is 3.81. The van der Waals surface area contributed by atoms with E-state index in [1.54, 1.807) is 12.3 Å². The number of nitrogens with zero attached hydrogens (tertiary/aromatic N) is 1. The molecule has 0 atom stereocenters. The highest BCUT2D eigenvalue weighted by atomic mass is 35.5. The number of nitrogens with one attached hydrogen (secondary N) is 1. The van der Waals surface area contributed by atoms with Crippen LogP contribution in [-0.2, 0) is 4.79 Å². The van der Waals surface area contributed by atoms with Gasteiger partial charge in [0.15, 0.2) is 5.78 Å². The average molecular weight is 267 g/mol. The third kappa shape index (κ3) is 2.68. The van der Waals surface area contributed by atoms with Gasteiger partial charge in [-0.3, -0.25) is 14.9 Å². The Balaban J connectivity index is 2.17. The topological polar surface area (TPSA) is 72.2 Å². The maximum absolute atomic E-state index is 11.4. The summed E-state index contributed by atoms with van der Waals surface area (Å²) < 4.78 is 0. The van der Waals surface area contributed by atoms with Crippen LogP contribution >= 0.6 is 11.6 Å². The van der Waals surface area contributed by atoms with Crippen LogP contribution in [0.25, 0.3) is 0 Å². The van der Waals surface area contributed by atoms with Crippen LogP contribution in [-0.4, -0.2) is 10.7 Å². The van der Waals surface area contributed by atoms with Gasteiger partial charge >= 0.3 is 0 Å². The molecule has 1 aliphatic rings. The molecule has 1 N–H and O–H groups in total. The van der Waals surface area contributed by atoms with Crippen molar-refractivity contribution >= 4 is 28.8 Å². The molecule has 0 heterocycles. The molecule has 0 aliphatic heterocycles. The lowest BCUT2D eigenvalue weighted by molar-refractivity contribution is -0.384. The Kier molecular flexibility index (Phi) is 3.62. The molecule has 0 aromatic heterocycles. The first-order valence-electron chi connectivity index (χ1n) is 5.50. The smallest absolute Gasteiger partial charge is 0.289 e. The Morgan fingerprint density at radius 2 is 2.17 bits per heavy atom. The monoisotopic (exact) mass is 266 g/mol. The molecule has 0 saturated heterocycles. The van der Waals surface area contributed by atoms with Crippen molar-refractivity contribution in [3.05, 3.63) is 45.1 Å². The lowest BCUT2D eigenvalue weighted by Crippen LogP contribution is -1.97. The molecule has 0 amide bonds. The highest BCUT2D eigenvalue weighted by Gasteiger charge is 2.17. The van der Waals surface area contributed by atoms with Gasteiger partial charge in [-0.05, 0) is 25.0 Å². The van der Waals surface area contributed by atoms with Crippen LogP contribution in [0.15, 0.2) is 30.0 Å². The molecule has 0 bridgehead atoms. The molecular weight excluding hydrogens is 256 g/mol. The molecule has 1 aliphatic carbocycles. The van der Waals surface area contributed by atoms with E-state index >= 15 is 0 Å². The van der Waals surface area contributed by atoms with Crippen molar-refractivity contribution in [3.63, 3.8) is 0 Å². The molecule has 0 radical (unpaired) electrons. The van der Waals surface area contributed by atoms with Crippen LogP contribution in [0.5, 0.6) is 0 Å². The number of carbonyl (C=O) groups excluding carboxylic acids is 1. The zero-order valence-electron chi connectivity index (χ0n) is 9.48. The first kappa shape index (κ1) is 12.6. The third-order valence-electron chi connectivity index (χ3n) is 2.76. The molecule has 2 rings (SSSR count). The van der Waals surface area contributed by atoms with Crippen LogP contribution in [0.3, 0.4) is 0 Å². The molecule has 94 valence electrons. The van der Waals surface area contributed by atoms with Gasteiger partial charge in [0.25, 0.3) is 5.69 Å². The van der Waals surface area contributed by atoms with E-state index < -0.39 is 4.92 Å². The molecule has 1 fully saturated rings. The predicted octanol–water partition coefficient (Wildman–Crippen LogP) is 3.30. The summed E-state index contributed by atoms with van der Waals surface area (Å²) in [7, 11) is 0. The zero-order chi connectivity index (χ0) is 13.1. The highest BCUT2D eigenvalue weighted by Crippen LogP contribution is 2.28. The molecule has 0 spiro atoms. The number of hydrogen-bond donors (Lipinski definition) is 1. The van der Waals surface area contributed by atoms with Crippen molar-refractivity contribution in [2.45, 2.75) is 19.3 Å². The molecule has 1 saturated carbocycles. The fourth-order valence-electron chi connectivity index (χ4n) is 1.80. The number of carbonyl (C=O) groups is 1. The SMILES string of the molecule is O=C1CCCC1=CNc1ccc(Cl)c([N+](=O)[O-])c1. The van der Waals surface area contributed by atoms with E-state index in [0.717, 1.165) is 18.4 Å². The number of benzene rings is 1. The van der Waals surface area contributed by atoms with E-state index in [1.165, 1.54) is 12.1 Å². The van der Waals surface area contributed by atoms with Crippen molar-refractivity contribution in [2.75, 3.05) is 5.32 Å². The van der Waals surface area contributed by atoms with E-state index in [9.17, 15) is 14.9 Å². The van der Waals surface area contributed by atoms with E-state index in [2.05, 4.69) is 5.32 Å². The van der Waals surface area contributed by atoms with E-state index in [0.29, 0.717) is 12.1 Å². The molecule has 1 aromatic rings. The number of nitro benzene ring substituents is 1. The van der Waals surface area contributed by atoms with E-state index in [-0.39, 0.29) is 16.5 Å². The summed E-state index contributed by atoms with van der Waals surface area (Å²) in [6, 6.07) is 4.43. The van der Waals surface area contributed by atoms with Gasteiger partial charge in [0.2, 0.25) is 0 Å². The zero-order valence-corrected chi connectivity index (χ0v) is 10.2. The first-order valence-corrected chi connectivity index (χ1v) is 5.88. The van der Waals surface area contributed by atoms with Gasteiger partial charge in [-0.2, -0.15) is 0 Å². The Hall–Kier alpha value is -1.88. The van der Waals surface area contributed by atoms with Gasteiger partial charge in [-0.25, -0.2) is 0 Å². The largest absolute Gasteiger partial charge is 0.361 e. The van der Waals surface area contributed by atoms with Gasteiger partial charge in [-0.1, -0.05) is 11.6 Å². The maximum atomic E-state index is 11.4. The van der Waals surface area contributed by atoms with Gasteiger partial charge in [0, 0.05) is 29.9 Å². The van der Waals surface area contributed by atoms with Crippen LogP contribution in [0, 0.1) is 10.1 Å². The lowest BCUT2D eigenvalue weighted by atomic mass is 10.2. The number of rotatable bonds is 3. The minimum absolute atomic E-state index is 0.0927. The standard InChI is InChI=1S/C12H11ClN2O3/c13-10-5-4-9(6-11(10)15(17)18)14-7-8-2-1-3-12(8)16/h4-7,14H,1-3H2. The van der Waals surface area contributed by atoms with Crippen molar-refractivity contribution in [3.8, 4) is 0 Å². The normalized spacial score (nSPS) is 17.2. The van der Waals surface area contributed by atoms with E-state index in [1.807, 2.05) is 0 Å². The summed E-state index contributed by atoms with van der Waals surface area (Å²) in [6.45, 7) is 0. The van der Waals surface area contributed by atoms with Gasteiger partial charge in [-0.15, -0.1) is 0 Å². The first-order chi connectivity index (χ1) is 8.58. The van der Waals surface area contributed by atoms with Gasteiger partial charge in [0.1, 0.15) is 5.02 Å². The van der Waals surface area contributed by atoms with Crippen molar-refractivity contribution < 1.29 is 9.72 Å². The highest BCUT2D eigenvalue weighted by molar-refractivity contribution is 6.32. The van der Waals surface area contributed by atoms with Crippen molar-refractivity contribution in [1.29, 1.82) is 0 Å². The Labute approximate surface area is 109 Å². The Morgan fingerprint density at radius 1 is 1.39 bits per heavy atom. The number of hydrogen-bond acceptors (Lipinski definition) is 4. The Morgan fingerprint density at radius 3 is 2.78 bits per heavy atom. The van der Waals surface area contributed by atoms with E-state index in [4.69, 9.17) is 11.6 Å². The summed E-state index contributed by atoms with van der Waals surface area (Å²) in [5, 5.41) is 13.7. The minimum Gasteiger partial charge on any atom is -0.361 e. The second-order valence-corrected chi connectivity index (χ2v) is 4.42. The molecule has 0 unspecified atom stereocenters. The number of halogens is 1. The second kappa shape index (κ2) is 5.18.